The first-order chi connectivity index (χ1) is 16.7. The Hall–Kier alpha value is -3.58. The highest BCUT2D eigenvalue weighted by Gasteiger charge is 2.27. The van der Waals surface area contributed by atoms with Crippen LogP contribution >= 0.6 is 11.8 Å². The van der Waals surface area contributed by atoms with Crippen molar-refractivity contribution in [2.45, 2.75) is 38.0 Å². The van der Waals surface area contributed by atoms with Crippen molar-refractivity contribution in [3.05, 3.63) is 90.0 Å². The lowest BCUT2D eigenvalue weighted by atomic mass is 9.96. The van der Waals surface area contributed by atoms with Gasteiger partial charge >= 0.3 is 11.9 Å². The molecule has 1 atom stereocenters. The average Bonchev–Trinajstić information content (AvgIpc) is 2.85. The first-order valence-electron chi connectivity index (χ1n) is 11.3. The number of hydrogen-bond acceptors (Lipinski definition) is 5. The number of carboxylic acids is 1. The fourth-order valence-electron chi connectivity index (χ4n) is 3.25. The molecular weight excluding hydrogens is 462 g/mol. The van der Waals surface area contributed by atoms with Crippen LogP contribution in [0.1, 0.15) is 49.0 Å². The molecule has 3 rings (SSSR count). The van der Waals surface area contributed by atoms with E-state index in [4.69, 9.17) is 4.74 Å². The van der Waals surface area contributed by atoms with Crippen molar-refractivity contribution >= 4 is 35.3 Å². The van der Waals surface area contributed by atoms with Crippen LogP contribution in [0.2, 0.25) is 0 Å². The van der Waals surface area contributed by atoms with E-state index < -0.39 is 17.3 Å². The topological polar surface area (TPSA) is 92.7 Å². The molecule has 3 aromatic rings. The summed E-state index contributed by atoms with van der Waals surface area (Å²) in [6.07, 6.45) is 0.562. The lowest BCUT2D eigenvalue weighted by Crippen LogP contribution is -2.26. The molecule has 0 aliphatic heterocycles. The molecule has 0 aliphatic rings. The maximum Gasteiger partial charge on any atom is 0.318 e. The number of anilines is 1. The molecule has 3 aromatic carbocycles. The first kappa shape index (κ1) is 26.0. The highest BCUT2D eigenvalue weighted by atomic mass is 32.2. The number of carboxylic acid groups (broad SMARTS) is 1. The summed E-state index contributed by atoms with van der Waals surface area (Å²) < 4.78 is 5.60. The van der Waals surface area contributed by atoms with Gasteiger partial charge in [-0.05, 0) is 74.4 Å². The van der Waals surface area contributed by atoms with Crippen molar-refractivity contribution in [3.63, 3.8) is 0 Å². The second-order valence-corrected chi connectivity index (χ2v) is 9.82. The quantitative estimate of drug-likeness (QED) is 0.198. The predicted octanol–water partition coefficient (Wildman–Crippen LogP) is 6.24. The molecule has 0 spiro atoms. The minimum absolute atomic E-state index is 0.196. The van der Waals surface area contributed by atoms with E-state index in [0.717, 1.165) is 10.5 Å². The van der Waals surface area contributed by atoms with Crippen LogP contribution in [0.25, 0.3) is 0 Å². The molecule has 1 amide bonds. The molecule has 0 fully saturated rings. The van der Waals surface area contributed by atoms with Gasteiger partial charge in [0.25, 0.3) is 5.91 Å². The van der Waals surface area contributed by atoms with Gasteiger partial charge in [-0.1, -0.05) is 37.3 Å². The Morgan fingerprint density at radius 1 is 0.943 bits per heavy atom. The van der Waals surface area contributed by atoms with Crippen LogP contribution in [0.5, 0.6) is 5.75 Å². The van der Waals surface area contributed by atoms with Gasteiger partial charge in [-0.3, -0.25) is 14.4 Å². The first-order valence-corrected chi connectivity index (χ1v) is 12.3. The number of nitrogens with one attached hydrogen (secondary N) is 1. The summed E-state index contributed by atoms with van der Waals surface area (Å²) in [4.78, 5) is 37.3. The van der Waals surface area contributed by atoms with Gasteiger partial charge in [-0.25, -0.2) is 0 Å². The molecule has 0 bridgehead atoms. The number of aliphatic carboxylic acids is 1. The van der Waals surface area contributed by atoms with Gasteiger partial charge in [0, 0.05) is 21.9 Å². The smallest absolute Gasteiger partial charge is 0.318 e. The van der Waals surface area contributed by atoms with Crippen LogP contribution in [0.4, 0.5) is 5.69 Å². The second kappa shape index (κ2) is 11.7. The predicted molar refractivity (Wildman–Crippen MR) is 138 cm³/mol. The van der Waals surface area contributed by atoms with Gasteiger partial charge in [0.2, 0.25) is 0 Å². The van der Waals surface area contributed by atoms with E-state index in [9.17, 15) is 19.5 Å². The Kier molecular flexibility index (Phi) is 8.71. The molecule has 0 saturated heterocycles. The van der Waals surface area contributed by atoms with Gasteiger partial charge < -0.3 is 15.2 Å². The van der Waals surface area contributed by atoms with Crippen molar-refractivity contribution < 1.29 is 24.2 Å². The third kappa shape index (κ3) is 7.20. The minimum Gasteiger partial charge on any atom is -0.481 e. The van der Waals surface area contributed by atoms with Crippen LogP contribution in [0.3, 0.4) is 0 Å². The number of amides is 1. The highest BCUT2D eigenvalue weighted by molar-refractivity contribution is 7.99. The number of carbonyl (C=O) groups is 3. The van der Waals surface area contributed by atoms with E-state index in [1.54, 1.807) is 50.2 Å². The zero-order valence-corrected chi connectivity index (χ0v) is 20.8. The van der Waals surface area contributed by atoms with Gasteiger partial charge in [0.15, 0.2) is 0 Å². The standard InChI is InChI=1S/C28H29NO5S/c1-4-24(19-10-12-21(13-11-19)29-25(30)20-8-6-5-7-9-20)26(31)34-22-14-16-23(17-15-22)35-18-28(2,3)27(32)33/h5-17,24H,4,18H2,1-3H3,(H,29,30)(H,32,33). The zero-order valence-electron chi connectivity index (χ0n) is 20.0. The Labute approximate surface area is 209 Å². The van der Waals surface area contributed by atoms with Crippen molar-refractivity contribution in [2.24, 2.45) is 5.41 Å². The number of thioether (sulfide) groups is 1. The number of hydrogen-bond donors (Lipinski definition) is 2. The molecule has 0 saturated carbocycles. The lowest BCUT2D eigenvalue weighted by molar-refractivity contribution is -0.145. The second-order valence-electron chi connectivity index (χ2n) is 8.77. The Balaban J connectivity index is 1.59. The van der Waals surface area contributed by atoms with Crippen molar-refractivity contribution in [1.82, 2.24) is 0 Å². The average molecular weight is 492 g/mol. The molecule has 0 aromatic heterocycles. The summed E-state index contributed by atoms with van der Waals surface area (Å²) in [6, 6.07) is 23.2. The number of carbonyl (C=O) groups excluding carboxylic acids is 2. The molecule has 35 heavy (non-hydrogen) atoms. The van der Waals surface area contributed by atoms with Gasteiger partial charge in [-0.2, -0.15) is 0 Å². The van der Waals surface area contributed by atoms with Crippen LogP contribution in [-0.4, -0.2) is 28.7 Å². The van der Waals surface area contributed by atoms with Crippen LogP contribution < -0.4 is 10.1 Å². The molecule has 1 unspecified atom stereocenters. The summed E-state index contributed by atoms with van der Waals surface area (Å²) >= 11 is 1.44. The fourth-order valence-corrected chi connectivity index (χ4v) is 4.23. The summed E-state index contributed by atoms with van der Waals surface area (Å²) in [6.45, 7) is 5.29. The molecular formula is C28H29NO5S. The Morgan fingerprint density at radius 2 is 1.57 bits per heavy atom. The minimum atomic E-state index is -0.840. The lowest BCUT2D eigenvalue weighted by Gasteiger charge is -2.18. The number of esters is 1. The van der Waals surface area contributed by atoms with Crippen LogP contribution in [0.15, 0.2) is 83.8 Å². The van der Waals surface area contributed by atoms with E-state index in [2.05, 4.69) is 5.32 Å². The maximum absolute atomic E-state index is 12.8. The summed E-state index contributed by atoms with van der Waals surface area (Å²) in [7, 11) is 0. The molecule has 0 radical (unpaired) electrons. The van der Waals surface area contributed by atoms with Gasteiger partial charge in [-0.15, -0.1) is 11.8 Å². The van der Waals surface area contributed by atoms with E-state index >= 15 is 0 Å². The van der Waals surface area contributed by atoms with Crippen molar-refractivity contribution in [2.75, 3.05) is 11.1 Å². The highest BCUT2D eigenvalue weighted by Crippen LogP contribution is 2.30. The number of benzene rings is 3. The van der Waals surface area contributed by atoms with E-state index in [0.29, 0.717) is 29.2 Å². The monoisotopic (exact) mass is 491 g/mol. The number of ether oxygens (including phenoxy) is 1. The molecule has 6 nitrogen and oxygen atoms in total. The third-order valence-electron chi connectivity index (χ3n) is 5.52. The van der Waals surface area contributed by atoms with E-state index in [1.165, 1.54) is 11.8 Å². The van der Waals surface area contributed by atoms with E-state index in [1.807, 2.05) is 49.4 Å². The number of rotatable bonds is 10. The van der Waals surface area contributed by atoms with Gasteiger partial charge in [0.05, 0.1) is 11.3 Å². The third-order valence-corrected chi connectivity index (χ3v) is 6.99. The van der Waals surface area contributed by atoms with Crippen molar-refractivity contribution in [1.29, 1.82) is 0 Å². The van der Waals surface area contributed by atoms with Crippen LogP contribution in [-0.2, 0) is 9.59 Å². The molecule has 0 heterocycles. The summed E-state index contributed by atoms with van der Waals surface area (Å²) in [5.41, 5.74) is 1.19. The summed E-state index contributed by atoms with van der Waals surface area (Å²) in [5, 5.41) is 12.1. The van der Waals surface area contributed by atoms with Gasteiger partial charge in [0.1, 0.15) is 5.75 Å². The molecule has 7 heteroatoms. The maximum atomic E-state index is 12.8. The Morgan fingerprint density at radius 3 is 2.14 bits per heavy atom. The summed E-state index contributed by atoms with van der Waals surface area (Å²) in [5.74, 6) is -0.978. The fraction of sp³-hybridized carbons (Fsp3) is 0.250. The molecule has 182 valence electrons. The zero-order chi connectivity index (χ0) is 25.4. The SMILES string of the molecule is CCC(C(=O)Oc1ccc(SCC(C)(C)C(=O)O)cc1)c1ccc(NC(=O)c2ccccc2)cc1. The molecule has 2 N–H and O–H groups in total. The normalized spacial score (nSPS) is 12.0. The molecule has 0 aliphatic carbocycles. The Bertz CT molecular complexity index is 1160. The van der Waals surface area contributed by atoms with Crippen molar-refractivity contribution in [3.8, 4) is 5.75 Å². The van der Waals surface area contributed by atoms with E-state index in [-0.39, 0.29) is 11.9 Å². The largest absolute Gasteiger partial charge is 0.481 e. The van der Waals surface area contributed by atoms with Crippen LogP contribution in [0, 0.1) is 5.41 Å².